The second kappa shape index (κ2) is 4.39. The van der Waals surface area contributed by atoms with E-state index in [1.165, 1.54) is 0 Å². The van der Waals surface area contributed by atoms with E-state index in [4.69, 9.17) is 10.3 Å². The number of amides is 1. The van der Waals surface area contributed by atoms with E-state index in [1.807, 2.05) is 0 Å². The lowest BCUT2D eigenvalue weighted by Gasteiger charge is -2.11. The second-order valence-electron chi connectivity index (χ2n) is 3.56. The fraction of sp³-hybridized carbons (Fsp3) is 0.667. The summed E-state index contributed by atoms with van der Waals surface area (Å²) in [7, 11) is 0. The van der Waals surface area contributed by atoms with Gasteiger partial charge in [0.2, 0.25) is 11.8 Å². The lowest BCUT2D eigenvalue weighted by Crippen LogP contribution is -2.24. The van der Waals surface area contributed by atoms with Crippen LogP contribution in [0.15, 0.2) is 4.52 Å². The Balaban J connectivity index is 1.95. The summed E-state index contributed by atoms with van der Waals surface area (Å²) in [6.45, 7) is 1.73. The average Bonchev–Trinajstić information content (AvgIpc) is 2.79. The van der Waals surface area contributed by atoms with Crippen LogP contribution in [0.1, 0.15) is 24.6 Å². The monoisotopic (exact) mass is 210 g/mol. The van der Waals surface area contributed by atoms with Gasteiger partial charge in [-0.1, -0.05) is 5.16 Å². The van der Waals surface area contributed by atoms with Crippen LogP contribution in [0.3, 0.4) is 0 Å². The minimum absolute atomic E-state index is 0.167. The minimum Gasteiger partial charge on any atom is -0.339 e. The lowest BCUT2D eigenvalue weighted by atomic mass is 10.4. The molecule has 2 rings (SSSR count). The molecule has 0 spiro atoms. The van der Waals surface area contributed by atoms with Gasteiger partial charge in [0.05, 0.1) is 6.54 Å². The van der Waals surface area contributed by atoms with Gasteiger partial charge in [0, 0.05) is 25.9 Å². The first kappa shape index (κ1) is 10.1. The Morgan fingerprint density at radius 1 is 1.53 bits per heavy atom. The highest BCUT2D eigenvalue weighted by atomic mass is 16.5. The fourth-order valence-corrected chi connectivity index (χ4v) is 1.62. The van der Waals surface area contributed by atoms with E-state index in [2.05, 4.69) is 10.1 Å². The van der Waals surface area contributed by atoms with Crippen LogP contribution in [0.5, 0.6) is 0 Å². The maximum Gasteiger partial charge on any atom is 0.227 e. The Morgan fingerprint density at radius 2 is 2.40 bits per heavy atom. The Labute approximate surface area is 87.4 Å². The normalized spacial score (nSPS) is 16.3. The van der Waals surface area contributed by atoms with Crippen molar-refractivity contribution < 1.29 is 9.32 Å². The summed E-state index contributed by atoms with van der Waals surface area (Å²) in [5, 5.41) is 3.80. The van der Waals surface area contributed by atoms with E-state index >= 15 is 0 Å². The third-order valence-electron chi connectivity index (χ3n) is 2.37. The van der Waals surface area contributed by atoms with Crippen LogP contribution in [0, 0.1) is 0 Å². The molecule has 1 aromatic rings. The highest BCUT2D eigenvalue weighted by Gasteiger charge is 2.21. The Bertz CT molecular complexity index is 350. The largest absolute Gasteiger partial charge is 0.339 e. The number of nitrogens with zero attached hydrogens (tertiary/aromatic N) is 3. The van der Waals surface area contributed by atoms with Gasteiger partial charge < -0.3 is 15.2 Å². The van der Waals surface area contributed by atoms with Crippen molar-refractivity contribution in [3.05, 3.63) is 11.7 Å². The molecule has 1 saturated heterocycles. The van der Waals surface area contributed by atoms with Crippen molar-refractivity contribution in [1.82, 2.24) is 15.0 Å². The molecule has 0 atom stereocenters. The van der Waals surface area contributed by atoms with E-state index < -0.39 is 0 Å². The maximum atomic E-state index is 11.3. The molecular weight excluding hydrogens is 196 g/mol. The Morgan fingerprint density at radius 3 is 3.07 bits per heavy atom. The van der Waals surface area contributed by atoms with Crippen molar-refractivity contribution >= 4 is 5.91 Å². The molecule has 1 fully saturated rings. The summed E-state index contributed by atoms with van der Waals surface area (Å²) in [5.41, 5.74) is 5.36. The predicted octanol–water partition coefficient (Wildman–Crippen LogP) is -0.307. The minimum atomic E-state index is 0.167. The van der Waals surface area contributed by atoms with Crippen molar-refractivity contribution in [2.45, 2.75) is 25.8 Å². The molecule has 1 aliphatic rings. The summed E-state index contributed by atoms with van der Waals surface area (Å²) in [6, 6.07) is 0. The molecule has 0 bridgehead atoms. The summed E-state index contributed by atoms with van der Waals surface area (Å²) in [4.78, 5) is 17.2. The first-order valence-corrected chi connectivity index (χ1v) is 5.09. The molecule has 82 valence electrons. The van der Waals surface area contributed by atoms with E-state index in [0.29, 0.717) is 37.6 Å². The molecule has 1 amide bonds. The number of hydrogen-bond acceptors (Lipinski definition) is 5. The summed E-state index contributed by atoms with van der Waals surface area (Å²) < 4.78 is 4.97. The number of likely N-dealkylation sites (tertiary alicyclic amines) is 1. The second-order valence-corrected chi connectivity index (χ2v) is 3.56. The van der Waals surface area contributed by atoms with Gasteiger partial charge in [-0.15, -0.1) is 0 Å². The van der Waals surface area contributed by atoms with Crippen molar-refractivity contribution in [2.24, 2.45) is 5.73 Å². The maximum absolute atomic E-state index is 11.3. The van der Waals surface area contributed by atoms with Gasteiger partial charge in [0.25, 0.3) is 0 Å². The van der Waals surface area contributed by atoms with Crippen LogP contribution in [0.25, 0.3) is 0 Å². The van der Waals surface area contributed by atoms with Gasteiger partial charge in [-0.25, -0.2) is 0 Å². The van der Waals surface area contributed by atoms with Gasteiger partial charge in [0.15, 0.2) is 5.82 Å². The quantitative estimate of drug-likeness (QED) is 0.737. The van der Waals surface area contributed by atoms with E-state index in [1.54, 1.807) is 4.90 Å². The van der Waals surface area contributed by atoms with E-state index in [0.717, 1.165) is 13.0 Å². The number of carbonyl (C=O) groups excluding carboxylic acids is 1. The topological polar surface area (TPSA) is 85.2 Å². The van der Waals surface area contributed by atoms with Crippen LogP contribution >= 0.6 is 0 Å². The van der Waals surface area contributed by atoms with Crippen LogP contribution in [-0.2, 0) is 17.8 Å². The fourth-order valence-electron chi connectivity index (χ4n) is 1.62. The molecular formula is C9H14N4O2. The van der Waals surface area contributed by atoms with Gasteiger partial charge in [-0.2, -0.15) is 4.98 Å². The highest BCUT2D eigenvalue weighted by Crippen LogP contribution is 2.12. The molecule has 0 saturated carbocycles. The summed E-state index contributed by atoms with van der Waals surface area (Å²) in [5.74, 6) is 1.27. The van der Waals surface area contributed by atoms with Crippen LogP contribution in [-0.4, -0.2) is 34.0 Å². The van der Waals surface area contributed by atoms with E-state index in [9.17, 15) is 4.79 Å². The van der Waals surface area contributed by atoms with Gasteiger partial charge in [-0.05, 0) is 6.42 Å². The lowest BCUT2D eigenvalue weighted by molar-refractivity contribution is -0.128. The molecule has 0 aromatic carbocycles. The number of carbonyl (C=O) groups is 1. The number of hydrogen-bond donors (Lipinski definition) is 1. The predicted molar refractivity (Wildman–Crippen MR) is 51.7 cm³/mol. The summed E-state index contributed by atoms with van der Waals surface area (Å²) in [6.07, 6.45) is 2.14. The molecule has 1 aromatic heterocycles. The van der Waals surface area contributed by atoms with Crippen molar-refractivity contribution in [1.29, 1.82) is 0 Å². The summed E-state index contributed by atoms with van der Waals surface area (Å²) >= 11 is 0. The average molecular weight is 210 g/mol. The molecule has 6 nitrogen and oxygen atoms in total. The van der Waals surface area contributed by atoms with Crippen molar-refractivity contribution in [3.8, 4) is 0 Å². The molecule has 0 aliphatic carbocycles. The SMILES string of the molecule is NCCc1nc(CN2CCCC2=O)no1. The number of rotatable bonds is 4. The Hall–Kier alpha value is -1.43. The molecule has 6 heteroatoms. The van der Waals surface area contributed by atoms with Crippen LogP contribution in [0.4, 0.5) is 0 Å². The van der Waals surface area contributed by atoms with Crippen LogP contribution < -0.4 is 5.73 Å². The first-order valence-electron chi connectivity index (χ1n) is 5.09. The van der Waals surface area contributed by atoms with Gasteiger partial charge in [-0.3, -0.25) is 4.79 Å². The zero-order chi connectivity index (χ0) is 10.7. The van der Waals surface area contributed by atoms with Crippen LogP contribution in [0.2, 0.25) is 0 Å². The van der Waals surface area contributed by atoms with Crippen molar-refractivity contribution in [3.63, 3.8) is 0 Å². The Kier molecular flexibility index (Phi) is 2.96. The standard InChI is InChI=1S/C9H14N4O2/c10-4-3-8-11-7(12-15-8)6-13-5-1-2-9(13)14/h1-6,10H2. The molecule has 2 N–H and O–H groups in total. The van der Waals surface area contributed by atoms with Crippen molar-refractivity contribution in [2.75, 3.05) is 13.1 Å². The number of aromatic nitrogens is 2. The third-order valence-corrected chi connectivity index (χ3v) is 2.37. The van der Waals surface area contributed by atoms with Gasteiger partial charge >= 0.3 is 0 Å². The molecule has 0 unspecified atom stereocenters. The molecule has 0 radical (unpaired) electrons. The highest BCUT2D eigenvalue weighted by molar-refractivity contribution is 5.77. The molecule has 1 aliphatic heterocycles. The zero-order valence-corrected chi connectivity index (χ0v) is 8.48. The molecule has 15 heavy (non-hydrogen) atoms. The number of nitrogens with two attached hydrogens (primary N) is 1. The first-order chi connectivity index (χ1) is 7.29. The van der Waals surface area contributed by atoms with Gasteiger partial charge in [0.1, 0.15) is 0 Å². The third kappa shape index (κ3) is 2.33. The molecule has 2 heterocycles. The smallest absolute Gasteiger partial charge is 0.227 e. The zero-order valence-electron chi connectivity index (χ0n) is 8.48. The van der Waals surface area contributed by atoms with E-state index in [-0.39, 0.29) is 5.91 Å².